The second-order valence-electron chi connectivity index (χ2n) is 4.91. The molecule has 0 saturated heterocycles. The summed E-state index contributed by atoms with van der Waals surface area (Å²) in [5, 5.41) is 8.52. The second kappa shape index (κ2) is 8.04. The monoisotopic (exact) mass is 292 g/mol. The van der Waals surface area contributed by atoms with Crippen molar-refractivity contribution in [2.75, 3.05) is 7.05 Å². The van der Waals surface area contributed by atoms with Gasteiger partial charge in [0, 0.05) is 32.0 Å². The fraction of sp³-hybridized carbons (Fsp3) is 0.400. The number of hydrogen-bond acceptors (Lipinski definition) is 3. The fourth-order valence-electron chi connectivity index (χ4n) is 1.88. The largest absolute Gasteiger partial charge is 0.481 e. The van der Waals surface area contributed by atoms with Crippen LogP contribution in [0.1, 0.15) is 41.6 Å². The van der Waals surface area contributed by atoms with E-state index in [0.717, 1.165) is 5.56 Å². The minimum atomic E-state index is -0.842. The average Bonchev–Trinajstić information content (AvgIpc) is 2.43. The Bertz CT molecular complexity index is 511. The van der Waals surface area contributed by atoms with Crippen molar-refractivity contribution < 1.29 is 19.5 Å². The van der Waals surface area contributed by atoms with Crippen LogP contribution in [-0.4, -0.2) is 34.8 Å². The quantitative estimate of drug-likeness (QED) is 0.707. The molecule has 21 heavy (non-hydrogen) atoms. The molecule has 1 aromatic carbocycles. The topological polar surface area (TPSA) is 101 Å². The first-order valence-corrected chi connectivity index (χ1v) is 6.74. The van der Waals surface area contributed by atoms with Gasteiger partial charge in [-0.2, -0.15) is 0 Å². The van der Waals surface area contributed by atoms with Crippen molar-refractivity contribution in [1.29, 1.82) is 0 Å². The second-order valence-corrected chi connectivity index (χ2v) is 4.91. The van der Waals surface area contributed by atoms with E-state index in [9.17, 15) is 14.4 Å². The molecule has 0 unspecified atom stereocenters. The van der Waals surface area contributed by atoms with E-state index in [1.165, 1.54) is 0 Å². The third kappa shape index (κ3) is 6.07. The molecule has 0 spiro atoms. The minimum absolute atomic E-state index is 0.0284. The summed E-state index contributed by atoms with van der Waals surface area (Å²) >= 11 is 0. The number of nitrogens with zero attached hydrogens (tertiary/aromatic N) is 1. The van der Waals surface area contributed by atoms with E-state index in [1.807, 2.05) is 0 Å². The molecule has 0 aliphatic rings. The van der Waals surface area contributed by atoms with E-state index < -0.39 is 11.9 Å². The molecular weight excluding hydrogens is 272 g/mol. The highest BCUT2D eigenvalue weighted by molar-refractivity contribution is 5.92. The predicted octanol–water partition coefficient (Wildman–Crippen LogP) is 1.39. The van der Waals surface area contributed by atoms with Gasteiger partial charge in [0.05, 0.1) is 0 Å². The third-order valence-corrected chi connectivity index (χ3v) is 3.12. The van der Waals surface area contributed by atoms with Gasteiger partial charge in [-0.1, -0.05) is 12.1 Å². The van der Waals surface area contributed by atoms with Gasteiger partial charge in [0.2, 0.25) is 11.8 Å². The number of nitrogens with two attached hydrogens (primary N) is 1. The van der Waals surface area contributed by atoms with Gasteiger partial charge >= 0.3 is 5.97 Å². The molecule has 3 N–H and O–H groups in total. The number of primary amides is 1. The molecule has 1 aromatic rings. The highest BCUT2D eigenvalue weighted by Gasteiger charge is 2.10. The zero-order chi connectivity index (χ0) is 15.8. The minimum Gasteiger partial charge on any atom is -0.481 e. The van der Waals surface area contributed by atoms with Crippen molar-refractivity contribution in [1.82, 2.24) is 4.90 Å². The Kier molecular flexibility index (Phi) is 6.39. The highest BCUT2D eigenvalue weighted by Crippen LogP contribution is 2.09. The molecule has 0 aliphatic heterocycles. The molecule has 0 atom stereocenters. The number of carbonyl (C=O) groups excluding carboxylic acids is 2. The van der Waals surface area contributed by atoms with Crippen LogP contribution in [0, 0.1) is 0 Å². The van der Waals surface area contributed by atoms with Crippen LogP contribution >= 0.6 is 0 Å². The molecule has 0 radical (unpaired) electrons. The Hall–Kier alpha value is -2.37. The van der Waals surface area contributed by atoms with Crippen LogP contribution < -0.4 is 5.73 Å². The molecule has 0 heterocycles. The van der Waals surface area contributed by atoms with E-state index in [1.54, 1.807) is 36.2 Å². The van der Waals surface area contributed by atoms with Crippen LogP contribution in [-0.2, 0) is 16.1 Å². The van der Waals surface area contributed by atoms with Crippen LogP contribution in [0.4, 0.5) is 0 Å². The van der Waals surface area contributed by atoms with Crippen molar-refractivity contribution in [3.05, 3.63) is 35.4 Å². The summed E-state index contributed by atoms with van der Waals surface area (Å²) in [5.74, 6) is -1.35. The molecule has 0 fully saturated rings. The maximum Gasteiger partial charge on any atom is 0.303 e. The first-order valence-electron chi connectivity index (χ1n) is 6.74. The van der Waals surface area contributed by atoms with Gasteiger partial charge in [-0.15, -0.1) is 0 Å². The summed E-state index contributed by atoms with van der Waals surface area (Å²) < 4.78 is 0. The molecule has 6 heteroatoms. The lowest BCUT2D eigenvalue weighted by Crippen LogP contribution is -2.25. The number of unbranched alkanes of at least 4 members (excludes halogenated alkanes) is 1. The zero-order valence-electron chi connectivity index (χ0n) is 12.0. The molecule has 6 nitrogen and oxygen atoms in total. The molecule has 114 valence electrons. The lowest BCUT2D eigenvalue weighted by atomic mass is 10.1. The summed E-state index contributed by atoms with van der Waals surface area (Å²) in [6, 6.07) is 6.77. The molecule has 1 rings (SSSR count). The number of hydrogen-bond donors (Lipinski definition) is 2. The number of aliphatic carboxylic acids is 1. The van der Waals surface area contributed by atoms with Crippen molar-refractivity contribution >= 4 is 17.8 Å². The molecule has 2 amide bonds. The van der Waals surface area contributed by atoms with Crippen molar-refractivity contribution in [3.8, 4) is 0 Å². The normalized spacial score (nSPS) is 10.1. The van der Waals surface area contributed by atoms with E-state index in [2.05, 4.69) is 0 Å². The number of carbonyl (C=O) groups is 3. The first kappa shape index (κ1) is 16.7. The lowest BCUT2D eigenvalue weighted by molar-refractivity contribution is -0.137. The molecule has 0 saturated carbocycles. The van der Waals surface area contributed by atoms with Gasteiger partial charge in [-0.25, -0.2) is 0 Å². The van der Waals surface area contributed by atoms with E-state index in [-0.39, 0.29) is 12.3 Å². The van der Waals surface area contributed by atoms with Crippen molar-refractivity contribution in [2.45, 2.75) is 32.2 Å². The van der Waals surface area contributed by atoms with Crippen LogP contribution in [0.25, 0.3) is 0 Å². The summed E-state index contributed by atoms with van der Waals surface area (Å²) in [6.45, 7) is 0.441. The number of benzene rings is 1. The smallest absolute Gasteiger partial charge is 0.303 e. The predicted molar refractivity (Wildman–Crippen MR) is 77.5 cm³/mol. The van der Waals surface area contributed by atoms with Crippen molar-refractivity contribution in [3.63, 3.8) is 0 Å². The number of carboxylic acids is 1. The van der Waals surface area contributed by atoms with Crippen LogP contribution in [0.2, 0.25) is 0 Å². The fourth-order valence-corrected chi connectivity index (χ4v) is 1.88. The Morgan fingerprint density at radius 3 is 2.19 bits per heavy atom. The maximum absolute atomic E-state index is 11.9. The van der Waals surface area contributed by atoms with Gasteiger partial charge < -0.3 is 15.7 Å². The summed E-state index contributed by atoms with van der Waals surface area (Å²) in [7, 11) is 1.70. The number of carboxylic acid groups (broad SMARTS) is 1. The van der Waals surface area contributed by atoms with Gasteiger partial charge in [-0.05, 0) is 30.5 Å². The summed E-state index contributed by atoms with van der Waals surface area (Å²) in [4.78, 5) is 34.8. The van der Waals surface area contributed by atoms with Crippen LogP contribution in [0.15, 0.2) is 24.3 Å². The third-order valence-electron chi connectivity index (χ3n) is 3.12. The van der Waals surface area contributed by atoms with E-state index >= 15 is 0 Å². The summed E-state index contributed by atoms with van der Waals surface area (Å²) in [5.41, 5.74) is 6.49. The first-order chi connectivity index (χ1) is 9.90. The van der Waals surface area contributed by atoms with Crippen LogP contribution in [0.5, 0.6) is 0 Å². The van der Waals surface area contributed by atoms with Gasteiger partial charge in [0.15, 0.2) is 0 Å². The standard InChI is InChI=1S/C15H20N2O4/c1-17(13(18)4-2-3-5-14(19)20)10-11-6-8-12(9-7-11)15(16)21/h6-9H,2-5,10H2,1H3,(H2,16,21)(H,19,20). The molecular formula is C15H20N2O4. The van der Waals surface area contributed by atoms with E-state index in [4.69, 9.17) is 10.8 Å². The average molecular weight is 292 g/mol. The Morgan fingerprint density at radius 2 is 1.67 bits per heavy atom. The number of rotatable bonds is 8. The molecule has 0 bridgehead atoms. The molecule has 0 aliphatic carbocycles. The highest BCUT2D eigenvalue weighted by atomic mass is 16.4. The van der Waals surface area contributed by atoms with Gasteiger partial charge in [0.25, 0.3) is 0 Å². The van der Waals surface area contributed by atoms with Crippen molar-refractivity contribution in [2.24, 2.45) is 5.73 Å². The Balaban J connectivity index is 2.41. The van der Waals surface area contributed by atoms with E-state index in [0.29, 0.717) is 31.4 Å². The maximum atomic E-state index is 11.9. The van der Waals surface area contributed by atoms with Crippen LogP contribution in [0.3, 0.4) is 0 Å². The number of amides is 2. The lowest BCUT2D eigenvalue weighted by Gasteiger charge is -2.17. The van der Waals surface area contributed by atoms with Gasteiger partial charge in [0.1, 0.15) is 0 Å². The Labute approximate surface area is 123 Å². The summed E-state index contributed by atoms with van der Waals surface area (Å²) in [6.07, 6.45) is 1.49. The zero-order valence-corrected chi connectivity index (χ0v) is 12.0. The molecule has 0 aromatic heterocycles. The Morgan fingerprint density at radius 1 is 1.10 bits per heavy atom. The SMILES string of the molecule is CN(Cc1ccc(C(N)=O)cc1)C(=O)CCCCC(=O)O. The van der Waals surface area contributed by atoms with Gasteiger partial charge in [-0.3, -0.25) is 14.4 Å².